The summed E-state index contributed by atoms with van der Waals surface area (Å²) in [7, 11) is 1.62. The summed E-state index contributed by atoms with van der Waals surface area (Å²) in [6, 6.07) is 0.0390. The molecule has 5 nitrogen and oxygen atoms in total. The molecule has 96 valence electrons. The second-order valence-corrected chi connectivity index (χ2v) is 4.23. The molecule has 1 atom stereocenters. The zero-order chi connectivity index (χ0) is 12.8. The quantitative estimate of drug-likeness (QED) is 0.815. The van der Waals surface area contributed by atoms with E-state index in [0.717, 1.165) is 17.0 Å². The largest absolute Gasteiger partial charge is 0.383 e. The molecule has 0 aliphatic carbocycles. The van der Waals surface area contributed by atoms with Crippen LogP contribution in [0.5, 0.6) is 0 Å². The molecular formula is C12H20N2O3. The third-order valence-corrected chi connectivity index (χ3v) is 2.61. The van der Waals surface area contributed by atoms with Gasteiger partial charge in [-0.15, -0.1) is 0 Å². The Balaban J connectivity index is 2.38. The van der Waals surface area contributed by atoms with Gasteiger partial charge < -0.3 is 14.6 Å². The fourth-order valence-corrected chi connectivity index (χ4v) is 1.74. The minimum Gasteiger partial charge on any atom is -0.383 e. The van der Waals surface area contributed by atoms with E-state index in [2.05, 4.69) is 10.5 Å². The highest BCUT2D eigenvalue weighted by Crippen LogP contribution is 2.14. The molecule has 0 saturated carbocycles. The minimum atomic E-state index is 0.0227. The van der Waals surface area contributed by atoms with Crippen molar-refractivity contribution in [2.45, 2.75) is 39.7 Å². The molecule has 0 fully saturated rings. The van der Waals surface area contributed by atoms with E-state index in [0.29, 0.717) is 19.4 Å². The van der Waals surface area contributed by atoms with E-state index in [1.165, 1.54) is 0 Å². The van der Waals surface area contributed by atoms with Crippen molar-refractivity contribution in [3.8, 4) is 0 Å². The minimum absolute atomic E-state index is 0.0227. The SMILES string of the molecule is COCC(C)NC(=O)CCc1c(C)noc1C. The average molecular weight is 240 g/mol. The Hall–Kier alpha value is -1.36. The zero-order valence-corrected chi connectivity index (χ0v) is 10.9. The summed E-state index contributed by atoms with van der Waals surface area (Å²) < 4.78 is 10.00. The molecular weight excluding hydrogens is 220 g/mol. The van der Waals surface area contributed by atoms with Gasteiger partial charge in [0.15, 0.2) is 0 Å². The summed E-state index contributed by atoms with van der Waals surface area (Å²) >= 11 is 0. The van der Waals surface area contributed by atoms with E-state index in [9.17, 15) is 4.79 Å². The van der Waals surface area contributed by atoms with Gasteiger partial charge in [0.2, 0.25) is 5.91 Å². The Morgan fingerprint density at radius 3 is 2.76 bits per heavy atom. The van der Waals surface area contributed by atoms with Gasteiger partial charge in [0.1, 0.15) is 5.76 Å². The van der Waals surface area contributed by atoms with Crippen molar-refractivity contribution in [3.05, 3.63) is 17.0 Å². The first-order valence-corrected chi connectivity index (χ1v) is 5.74. The van der Waals surface area contributed by atoms with Crippen LogP contribution < -0.4 is 5.32 Å². The van der Waals surface area contributed by atoms with Gasteiger partial charge in [0.25, 0.3) is 0 Å². The molecule has 1 heterocycles. The van der Waals surface area contributed by atoms with Crippen molar-refractivity contribution in [1.82, 2.24) is 10.5 Å². The van der Waals surface area contributed by atoms with Crippen LogP contribution in [0.15, 0.2) is 4.52 Å². The van der Waals surface area contributed by atoms with Crippen LogP contribution in [0.2, 0.25) is 0 Å². The van der Waals surface area contributed by atoms with E-state index in [1.807, 2.05) is 20.8 Å². The van der Waals surface area contributed by atoms with E-state index < -0.39 is 0 Å². The second kappa shape index (κ2) is 6.39. The van der Waals surface area contributed by atoms with Crippen LogP contribution >= 0.6 is 0 Å². The number of rotatable bonds is 6. The number of aromatic nitrogens is 1. The Morgan fingerprint density at radius 2 is 2.24 bits per heavy atom. The lowest BCUT2D eigenvalue weighted by molar-refractivity contribution is -0.122. The first-order valence-electron chi connectivity index (χ1n) is 5.74. The summed E-state index contributed by atoms with van der Waals surface area (Å²) in [5.41, 5.74) is 1.89. The Labute approximate surface area is 102 Å². The Morgan fingerprint density at radius 1 is 1.53 bits per heavy atom. The van der Waals surface area contributed by atoms with E-state index in [4.69, 9.17) is 9.26 Å². The predicted octanol–water partition coefficient (Wildman–Crippen LogP) is 1.38. The Kier molecular flexibility index (Phi) is 5.15. The van der Waals surface area contributed by atoms with Crippen molar-refractivity contribution in [3.63, 3.8) is 0 Å². The van der Waals surface area contributed by atoms with Crippen LogP contribution in [0, 0.1) is 13.8 Å². The maximum Gasteiger partial charge on any atom is 0.220 e. The van der Waals surface area contributed by atoms with Crippen LogP contribution in [-0.2, 0) is 16.0 Å². The number of ether oxygens (including phenoxy) is 1. The monoisotopic (exact) mass is 240 g/mol. The van der Waals surface area contributed by atoms with Gasteiger partial charge in [-0.05, 0) is 27.2 Å². The van der Waals surface area contributed by atoms with Gasteiger partial charge in [0, 0.05) is 25.1 Å². The molecule has 1 N–H and O–H groups in total. The van der Waals surface area contributed by atoms with E-state index in [1.54, 1.807) is 7.11 Å². The standard InChI is InChI=1S/C12H20N2O3/c1-8(7-16-4)13-12(15)6-5-11-9(2)14-17-10(11)3/h8H,5-7H2,1-4H3,(H,13,15). The van der Waals surface area contributed by atoms with Crippen LogP contribution in [0.4, 0.5) is 0 Å². The molecule has 0 spiro atoms. The number of nitrogens with one attached hydrogen (secondary N) is 1. The summed E-state index contributed by atoms with van der Waals surface area (Å²) in [6.07, 6.45) is 1.10. The maximum absolute atomic E-state index is 11.6. The lowest BCUT2D eigenvalue weighted by Crippen LogP contribution is -2.35. The molecule has 1 unspecified atom stereocenters. The van der Waals surface area contributed by atoms with Crippen LogP contribution in [0.3, 0.4) is 0 Å². The summed E-state index contributed by atoms with van der Waals surface area (Å²) in [4.78, 5) is 11.6. The van der Waals surface area contributed by atoms with Gasteiger partial charge in [-0.3, -0.25) is 4.79 Å². The maximum atomic E-state index is 11.6. The first-order chi connectivity index (χ1) is 8.04. The number of hydrogen-bond acceptors (Lipinski definition) is 4. The molecule has 0 radical (unpaired) electrons. The molecule has 1 aromatic heterocycles. The van der Waals surface area contributed by atoms with Gasteiger partial charge in [-0.2, -0.15) is 0 Å². The number of amides is 1. The lowest BCUT2D eigenvalue weighted by atomic mass is 10.1. The number of hydrogen-bond donors (Lipinski definition) is 1. The number of carbonyl (C=O) groups excluding carboxylic acids is 1. The van der Waals surface area contributed by atoms with Crippen molar-refractivity contribution in [2.75, 3.05) is 13.7 Å². The highest BCUT2D eigenvalue weighted by Gasteiger charge is 2.12. The number of nitrogens with zero attached hydrogens (tertiary/aromatic N) is 1. The van der Waals surface area contributed by atoms with Gasteiger partial charge in [0.05, 0.1) is 12.3 Å². The Bertz CT molecular complexity index is 354. The smallest absolute Gasteiger partial charge is 0.220 e. The molecule has 1 rings (SSSR count). The molecule has 0 aliphatic heterocycles. The van der Waals surface area contributed by atoms with Crippen LogP contribution in [-0.4, -0.2) is 30.8 Å². The predicted molar refractivity (Wildman–Crippen MR) is 63.8 cm³/mol. The van der Waals surface area contributed by atoms with Crippen LogP contribution in [0.1, 0.15) is 30.4 Å². The summed E-state index contributed by atoms with van der Waals surface area (Å²) in [6.45, 7) is 6.19. The number of aryl methyl sites for hydroxylation is 2. The molecule has 1 aromatic rings. The molecule has 17 heavy (non-hydrogen) atoms. The lowest BCUT2D eigenvalue weighted by Gasteiger charge is -2.12. The molecule has 0 saturated heterocycles. The number of carbonyl (C=O) groups is 1. The zero-order valence-electron chi connectivity index (χ0n) is 10.9. The third-order valence-electron chi connectivity index (χ3n) is 2.61. The number of methoxy groups -OCH3 is 1. The van der Waals surface area contributed by atoms with Gasteiger partial charge >= 0.3 is 0 Å². The molecule has 0 aliphatic rings. The molecule has 5 heteroatoms. The van der Waals surface area contributed by atoms with Crippen molar-refractivity contribution in [2.24, 2.45) is 0 Å². The summed E-state index contributed by atoms with van der Waals surface area (Å²) in [5.74, 6) is 0.815. The second-order valence-electron chi connectivity index (χ2n) is 4.23. The topological polar surface area (TPSA) is 64.4 Å². The van der Waals surface area contributed by atoms with Crippen molar-refractivity contribution < 1.29 is 14.1 Å². The van der Waals surface area contributed by atoms with Gasteiger partial charge in [-0.25, -0.2) is 0 Å². The average Bonchev–Trinajstić information content (AvgIpc) is 2.56. The van der Waals surface area contributed by atoms with Crippen molar-refractivity contribution >= 4 is 5.91 Å². The molecule has 0 bridgehead atoms. The van der Waals surface area contributed by atoms with Crippen LogP contribution in [0.25, 0.3) is 0 Å². The molecule has 1 amide bonds. The van der Waals surface area contributed by atoms with E-state index >= 15 is 0 Å². The molecule has 0 aromatic carbocycles. The summed E-state index contributed by atoms with van der Waals surface area (Å²) in [5, 5.41) is 6.72. The van der Waals surface area contributed by atoms with Crippen molar-refractivity contribution in [1.29, 1.82) is 0 Å². The highest BCUT2D eigenvalue weighted by molar-refractivity contribution is 5.76. The third kappa shape index (κ3) is 4.19. The van der Waals surface area contributed by atoms with Gasteiger partial charge in [-0.1, -0.05) is 5.16 Å². The highest BCUT2D eigenvalue weighted by atomic mass is 16.5. The fraction of sp³-hybridized carbons (Fsp3) is 0.667. The first kappa shape index (κ1) is 13.7. The van der Waals surface area contributed by atoms with E-state index in [-0.39, 0.29) is 11.9 Å². The normalized spacial score (nSPS) is 12.5. The fourth-order valence-electron chi connectivity index (χ4n) is 1.74.